The minimum absolute atomic E-state index is 0.197. The van der Waals surface area contributed by atoms with Crippen molar-refractivity contribution in [2.75, 3.05) is 6.54 Å². The monoisotopic (exact) mass is 391 g/mol. The molecule has 156 valence electrons. The van der Waals surface area contributed by atoms with Crippen LogP contribution in [0.5, 0.6) is 0 Å². The van der Waals surface area contributed by atoms with Gasteiger partial charge in [-0.25, -0.2) is 0 Å². The van der Waals surface area contributed by atoms with Crippen LogP contribution < -0.4 is 0 Å². The number of hydrogen-bond acceptors (Lipinski definition) is 2. The van der Waals surface area contributed by atoms with Gasteiger partial charge in [0.2, 0.25) is 0 Å². The molecular weight excluding hydrogens is 354 g/mol. The van der Waals surface area contributed by atoms with Crippen molar-refractivity contribution in [1.82, 2.24) is 4.90 Å². The smallest absolute Gasteiger partial charge is 0.0831 e. The lowest BCUT2D eigenvalue weighted by molar-refractivity contribution is -0.0656. The summed E-state index contributed by atoms with van der Waals surface area (Å²) in [5, 5.41) is 0. The van der Waals surface area contributed by atoms with E-state index in [-0.39, 0.29) is 6.10 Å². The third-order valence-electron chi connectivity index (χ3n) is 6.87. The summed E-state index contributed by atoms with van der Waals surface area (Å²) in [6.45, 7) is 5.96. The second-order valence-corrected chi connectivity index (χ2v) is 9.46. The van der Waals surface area contributed by atoms with Crippen LogP contribution in [0, 0.1) is 5.92 Å². The Hall–Kier alpha value is -1.64. The van der Waals surface area contributed by atoms with Gasteiger partial charge in [0, 0.05) is 12.1 Å². The summed E-state index contributed by atoms with van der Waals surface area (Å²) in [6, 6.07) is 23.2. The van der Waals surface area contributed by atoms with Crippen LogP contribution in [0.1, 0.15) is 69.6 Å². The van der Waals surface area contributed by atoms with Gasteiger partial charge in [-0.3, -0.25) is 4.90 Å². The number of hydrogen-bond donors (Lipinski definition) is 0. The van der Waals surface area contributed by atoms with Gasteiger partial charge in [0.1, 0.15) is 0 Å². The first-order chi connectivity index (χ1) is 14.2. The lowest BCUT2D eigenvalue weighted by Gasteiger charge is -2.40. The van der Waals surface area contributed by atoms with E-state index in [4.69, 9.17) is 4.74 Å². The van der Waals surface area contributed by atoms with Gasteiger partial charge in [0.05, 0.1) is 12.2 Å². The van der Waals surface area contributed by atoms with E-state index in [2.05, 4.69) is 79.4 Å². The van der Waals surface area contributed by atoms with Gasteiger partial charge in [0.25, 0.3) is 0 Å². The lowest BCUT2D eigenvalue weighted by Crippen LogP contribution is -2.46. The summed E-state index contributed by atoms with van der Waals surface area (Å²) in [6.07, 6.45) is 9.20. The largest absolute Gasteiger partial charge is 0.370 e. The molecule has 2 aromatic carbocycles. The molecule has 2 aliphatic heterocycles. The molecule has 29 heavy (non-hydrogen) atoms. The van der Waals surface area contributed by atoms with E-state index in [1.165, 1.54) is 49.8 Å². The molecule has 2 unspecified atom stereocenters. The predicted octanol–water partition coefficient (Wildman–Crippen LogP) is 6.42. The zero-order valence-corrected chi connectivity index (χ0v) is 18.2. The molecule has 2 aromatic rings. The summed E-state index contributed by atoms with van der Waals surface area (Å²) in [5.41, 5.74) is 2.73. The Balaban J connectivity index is 1.39. The van der Waals surface area contributed by atoms with E-state index >= 15 is 0 Å². The fourth-order valence-electron chi connectivity index (χ4n) is 5.26. The van der Waals surface area contributed by atoms with Crippen molar-refractivity contribution in [2.24, 2.45) is 5.92 Å². The molecule has 0 amide bonds. The third-order valence-corrected chi connectivity index (χ3v) is 6.87. The quantitative estimate of drug-likeness (QED) is 0.489. The zero-order valence-electron chi connectivity index (χ0n) is 18.2. The molecule has 4 atom stereocenters. The minimum atomic E-state index is 0.197. The molecule has 2 fully saturated rings. The van der Waals surface area contributed by atoms with E-state index in [9.17, 15) is 0 Å². The third kappa shape index (κ3) is 5.49. The van der Waals surface area contributed by atoms with E-state index in [1.54, 1.807) is 0 Å². The van der Waals surface area contributed by atoms with Crippen LogP contribution in [-0.4, -0.2) is 29.6 Å². The number of ether oxygens (including phenoxy) is 1. The number of rotatable bonds is 9. The van der Waals surface area contributed by atoms with E-state index in [0.717, 1.165) is 30.8 Å². The van der Waals surface area contributed by atoms with Gasteiger partial charge in [-0.2, -0.15) is 0 Å². The molecule has 4 rings (SSSR count). The lowest BCUT2D eigenvalue weighted by atomic mass is 9.96. The number of fused-ring (bicyclic) bond motifs is 2. The van der Waals surface area contributed by atoms with Crippen LogP contribution in [-0.2, 0) is 11.2 Å². The molecule has 2 bridgehead atoms. The average Bonchev–Trinajstić information content (AvgIpc) is 2.99. The van der Waals surface area contributed by atoms with E-state index in [0.29, 0.717) is 6.10 Å². The number of benzene rings is 2. The van der Waals surface area contributed by atoms with Crippen molar-refractivity contribution in [3.05, 3.63) is 71.8 Å². The summed E-state index contributed by atoms with van der Waals surface area (Å²) >= 11 is 0. The fraction of sp³-hybridized carbons (Fsp3) is 0.556. The Labute approximate surface area is 177 Å². The Bertz CT molecular complexity index is 715. The minimum Gasteiger partial charge on any atom is -0.370 e. The van der Waals surface area contributed by atoms with Crippen molar-refractivity contribution in [3.63, 3.8) is 0 Å². The van der Waals surface area contributed by atoms with Crippen molar-refractivity contribution in [2.45, 2.75) is 83.1 Å². The van der Waals surface area contributed by atoms with Crippen molar-refractivity contribution >= 4 is 0 Å². The zero-order chi connectivity index (χ0) is 20.1. The second kappa shape index (κ2) is 9.91. The molecule has 0 N–H and O–H groups in total. The number of nitrogens with zero attached hydrogens (tertiary/aromatic N) is 1. The van der Waals surface area contributed by atoms with Crippen molar-refractivity contribution in [3.8, 4) is 0 Å². The van der Waals surface area contributed by atoms with E-state index < -0.39 is 0 Å². The van der Waals surface area contributed by atoms with Gasteiger partial charge < -0.3 is 4.74 Å². The number of aryl methyl sites for hydroxylation is 1. The maximum absolute atomic E-state index is 6.83. The summed E-state index contributed by atoms with van der Waals surface area (Å²) in [7, 11) is 0. The van der Waals surface area contributed by atoms with Crippen LogP contribution in [0.25, 0.3) is 0 Å². The Morgan fingerprint density at radius 1 is 0.862 bits per heavy atom. The van der Waals surface area contributed by atoms with E-state index in [1.807, 2.05) is 0 Å². The first kappa shape index (κ1) is 20.6. The Kier molecular flexibility index (Phi) is 7.05. The molecule has 2 aliphatic rings. The molecular formula is C27H37NO. The molecule has 0 aliphatic carbocycles. The van der Waals surface area contributed by atoms with Gasteiger partial charge in [-0.05, 0) is 68.5 Å². The topological polar surface area (TPSA) is 12.5 Å². The standard InChI is InChI=1S/C27H37NO/c1-21(2)17-18-28-24-14-15-25(28)20-26(19-24)29-27(23-11-7-4-8-12-23)16-13-22-9-5-3-6-10-22/h3-12,21,24-27H,13-20H2,1-2H3/t24-,25+,26?,27?. The maximum atomic E-state index is 6.83. The van der Waals surface area contributed by atoms with Crippen LogP contribution in [0.15, 0.2) is 60.7 Å². The predicted molar refractivity (Wildman–Crippen MR) is 121 cm³/mol. The van der Waals surface area contributed by atoms with Crippen LogP contribution in [0.2, 0.25) is 0 Å². The van der Waals surface area contributed by atoms with Gasteiger partial charge in [-0.15, -0.1) is 0 Å². The summed E-state index contributed by atoms with van der Waals surface area (Å²) < 4.78 is 6.83. The van der Waals surface area contributed by atoms with Gasteiger partial charge >= 0.3 is 0 Å². The highest BCUT2D eigenvalue weighted by atomic mass is 16.5. The number of piperidine rings is 1. The Morgan fingerprint density at radius 2 is 1.48 bits per heavy atom. The Morgan fingerprint density at radius 3 is 2.10 bits per heavy atom. The maximum Gasteiger partial charge on any atom is 0.0831 e. The highest BCUT2D eigenvalue weighted by Gasteiger charge is 2.41. The second-order valence-electron chi connectivity index (χ2n) is 9.46. The molecule has 0 aromatic heterocycles. The molecule has 2 heteroatoms. The first-order valence-corrected chi connectivity index (χ1v) is 11.7. The summed E-state index contributed by atoms with van der Waals surface area (Å²) in [4.78, 5) is 2.81. The fourth-order valence-corrected chi connectivity index (χ4v) is 5.26. The average molecular weight is 392 g/mol. The highest BCUT2D eigenvalue weighted by molar-refractivity contribution is 5.19. The molecule has 0 spiro atoms. The van der Waals surface area contributed by atoms with Crippen molar-refractivity contribution < 1.29 is 4.74 Å². The van der Waals surface area contributed by atoms with Crippen LogP contribution in [0.3, 0.4) is 0 Å². The first-order valence-electron chi connectivity index (χ1n) is 11.7. The molecule has 0 radical (unpaired) electrons. The van der Waals surface area contributed by atoms with Crippen LogP contribution >= 0.6 is 0 Å². The molecule has 2 saturated heterocycles. The normalized spacial score (nSPS) is 25.4. The van der Waals surface area contributed by atoms with Gasteiger partial charge in [0.15, 0.2) is 0 Å². The molecule has 2 nitrogen and oxygen atoms in total. The van der Waals surface area contributed by atoms with Crippen LogP contribution in [0.4, 0.5) is 0 Å². The SMILES string of the molecule is CC(C)CCN1[C@@H]2CC[C@H]1CC(OC(CCc1ccccc1)c1ccccc1)C2. The van der Waals surface area contributed by atoms with Gasteiger partial charge in [-0.1, -0.05) is 74.5 Å². The summed E-state index contributed by atoms with van der Waals surface area (Å²) in [5.74, 6) is 0.795. The molecule has 2 heterocycles. The van der Waals surface area contributed by atoms with Crippen molar-refractivity contribution in [1.29, 1.82) is 0 Å². The molecule has 0 saturated carbocycles. The highest BCUT2D eigenvalue weighted by Crippen LogP contribution is 2.39.